The summed E-state index contributed by atoms with van der Waals surface area (Å²) in [4.78, 5) is 9.83. The second-order valence-corrected chi connectivity index (χ2v) is 10.1. The molecule has 0 bridgehead atoms. The van der Waals surface area contributed by atoms with Crippen molar-refractivity contribution in [3.8, 4) is 0 Å². The first kappa shape index (κ1) is 37.5. The van der Waals surface area contributed by atoms with E-state index in [0.29, 0.717) is 0 Å². The van der Waals surface area contributed by atoms with Gasteiger partial charge in [0.25, 0.3) is 0 Å². The van der Waals surface area contributed by atoms with Crippen LogP contribution in [0, 0.1) is 17.8 Å². The van der Waals surface area contributed by atoms with E-state index in [4.69, 9.17) is 4.74 Å². The molecule has 1 N–H and O–H groups in total. The van der Waals surface area contributed by atoms with Crippen LogP contribution in [0.3, 0.4) is 0 Å². The fourth-order valence-corrected chi connectivity index (χ4v) is 2.13. The standard InChI is InChI=1S/C11H24O.C6H13.C5H10O.C4H8O.Li/c1-5-6-7-8-9-10(12)11(2,3)4;1-3-5-6-4-2;1-5(2,3)4-6;1-2-4-5-3-1;/h10,12H,5-9H2,1-4H3;1,3-6H2,2H3;4H,1-3H3;1-4H2;/q;-1;;;+1. The summed E-state index contributed by atoms with van der Waals surface area (Å²) < 4.78 is 4.94. The van der Waals surface area contributed by atoms with Gasteiger partial charge in [-0.2, -0.15) is 6.42 Å². The first-order valence-corrected chi connectivity index (χ1v) is 12.0. The molecule has 1 aliphatic rings. The van der Waals surface area contributed by atoms with Crippen LogP contribution in [0.15, 0.2) is 0 Å². The SMILES string of the molecule is C1CCOC1.CC(C)(C)C=O.CCCCCCC(O)C(C)(C)C.[CH2-]CCCCC.[Li+]. The topological polar surface area (TPSA) is 46.5 Å². The van der Waals surface area contributed by atoms with Crippen LogP contribution < -0.4 is 18.9 Å². The van der Waals surface area contributed by atoms with Gasteiger partial charge in [-0.3, -0.25) is 0 Å². The summed E-state index contributed by atoms with van der Waals surface area (Å²) in [7, 11) is 0. The van der Waals surface area contributed by atoms with Crippen molar-refractivity contribution in [1.29, 1.82) is 0 Å². The van der Waals surface area contributed by atoms with E-state index in [2.05, 4.69) is 41.5 Å². The largest absolute Gasteiger partial charge is 1.00 e. The number of aldehydes is 1. The number of hydrogen-bond donors (Lipinski definition) is 1. The molecule has 1 unspecified atom stereocenters. The van der Waals surface area contributed by atoms with Crippen molar-refractivity contribution in [3.05, 3.63) is 6.92 Å². The van der Waals surface area contributed by atoms with E-state index in [1.807, 2.05) is 20.8 Å². The molecule has 0 saturated carbocycles. The molecule has 0 amide bonds. The molecule has 178 valence electrons. The Balaban J connectivity index is -0.000000160. The molecule has 0 aromatic carbocycles. The molecule has 30 heavy (non-hydrogen) atoms. The van der Waals surface area contributed by atoms with E-state index in [1.165, 1.54) is 57.8 Å². The minimum atomic E-state index is -0.139. The second-order valence-electron chi connectivity index (χ2n) is 10.1. The summed E-state index contributed by atoms with van der Waals surface area (Å²) in [6.07, 6.45) is 14.4. The number of carbonyl (C=O) groups excluding carboxylic acids is 1. The van der Waals surface area contributed by atoms with Gasteiger partial charge in [-0.25, -0.2) is 0 Å². The summed E-state index contributed by atoms with van der Waals surface area (Å²) in [5, 5.41) is 9.69. The molecule has 1 heterocycles. The first-order chi connectivity index (χ1) is 13.5. The van der Waals surface area contributed by atoms with Gasteiger partial charge in [-0.05, 0) is 24.7 Å². The average Bonchev–Trinajstić information content (AvgIpc) is 3.23. The molecule has 1 saturated heterocycles. The van der Waals surface area contributed by atoms with Gasteiger partial charge >= 0.3 is 18.9 Å². The fraction of sp³-hybridized carbons (Fsp3) is 0.923. The van der Waals surface area contributed by atoms with Crippen LogP contribution in [-0.2, 0) is 9.53 Å². The summed E-state index contributed by atoms with van der Waals surface area (Å²) in [6, 6.07) is 0. The molecule has 0 radical (unpaired) electrons. The van der Waals surface area contributed by atoms with Crippen LogP contribution in [-0.4, -0.2) is 30.7 Å². The minimum absolute atomic E-state index is 0. The third-order valence-electron chi connectivity index (χ3n) is 4.37. The van der Waals surface area contributed by atoms with Crippen molar-refractivity contribution < 1.29 is 33.5 Å². The molecule has 1 fully saturated rings. The predicted octanol–water partition coefficient (Wildman–Crippen LogP) is 4.80. The zero-order valence-electron chi connectivity index (χ0n) is 22.3. The van der Waals surface area contributed by atoms with Crippen LogP contribution in [0.5, 0.6) is 0 Å². The van der Waals surface area contributed by atoms with Crippen molar-refractivity contribution in [2.24, 2.45) is 10.8 Å². The van der Waals surface area contributed by atoms with E-state index in [-0.39, 0.29) is 35.8 Å². The van der Waals surface area contributed by atoms with Crippen LogP contribution >= 0.6 is 0 Å². The van der Waals surface area contributed by atoms with Gasteiger partial charge in [0.1, 0.15) is 6.29 Å². The smallest absolute Gasteiger partial charge is 0.393 e. The Morgan fingerprint density at radius 1 is 0.900 bits per heavy atom. The minimum Gasteiger partial charge on any atom is -0.393 e. The summed E-state index contributed by atoms with van der Waals surface area (Å²) in [5.41, 5.74) is -0.0772. The van der Waals surface area contributed by atoms with Gasteiger partial charge < -0.3 is 21.6 Å². The number of aliphatic hydroxyl groups is 1. The van der Waals surface area contributed by atoms with Crippen LogP contribution in [0.25, 0.3) is 0 Å². The van der Waals surface area contributed by atoms with E-state index < -0.39 is 0 Å². The van der Waals surface area contributed by atoms with E-state index in [0.717, 1.165) is 32.3 Å². The number of rotatable bonds is 8. The molecular weight excluding hydrogens is 367 g/mol. The summed E-state index contributed by atoms with van der Waals surface area (Å²) >= 11 is 0. The fourth-order valence-electron chi connectivity index (χ4n) is 2.13. The Morgan fingerprint density at radius 3 is 1.57 bits per heavy atom. The summed E-state index contributed by atoms with van der Waals surface area (Å²) in [5.74, 6) is 0. The molecule has 0 aliphatic carbocycles. The predicted molar refractivity (Wildman–Crippen MR) is 129 cm³/mol. The van der Waals surface area contributed by atoms with Crippen LogP contribution in [0.1, 0.15) is 126 Å². The van der Waals surface area contributed by atoms with E-state index in [1.54, 1.807) is 0 Å². The number of hydrogen-bond acceptors (Lipinski definition) is 3. The van der Waals surface area contributed by atoms with Crippen molar-refractivity contribution in [2.45, 2.75) is 132 Å². The van der Waals surface area contributed by atoms with Crippen LogP contribution in [0.4, 0.5) is 0 Å². The van der Waals surface area contributed by atoms with Gasteiger partial charge in [0, 0.05) is 18.6 Å². The third-order valence-corrected chi connectivity index (χ3v) is 4.37. The monoisotopic (exact) mass is 422 g/mol. The number of carbonyl (C=O) groups is 1. The Kier molecular flexibility index (Phi) is 31.8. The maximum absolute atomic E-state index is 9.83. The number of aliphatic hydroxyl groups excluding tert-OH is 1. The van der Waals surface area contributed by atoms with Gasteiger partial charge in [0.05, 0.1) is 6.10 Å². The molecule has 0 spiro atoms. The molecule has 1 atom stereocenters. The maximum Gasteiger partial charge on any atom is 1.00 e. The number of ether oxygens (including phenoxy) is 1. The Hall–Kier alpha value is 0.187. The number of unbranched alkanes of at least 4 members (excludes halogenated alkanes) is 6. The van der Waals surface area contributed by atoms with Crippen LogP contribution in [0.2, 0.25) is 0 Å². The van der Waals surface area contributed by atoms with Crippen molar-refractivity contribution >= 4 is 6.29 Å². The average molecular weight is 423 g/mol. The maximum atomic E-state index is 9.83. The molecule has 1 rings (SSSR count). The molecule has 0 aromatic rings. The first-order valence-electron chi connectivity index (χ1n) is 12.0. The van der Waals surface area contributed by atoms with Gasteiger partial charge in [0.15, 0.2) is 0 Å². The zero-order chi connectivity index (χ0) is 23.2. The van der Waals surface area contributed by atoms with Gasteiger partial charge in [-0.15, -0.1) is 0 Å². The normalized spacial score (nSPS) is 13.9. The third kappa shape index (κ3) is 38.8. The molecule has 4 heteroatoms. The van der Waals surface area contributed by atoms with Crippen molar-refractivity contribution in [3.63, 3.8) is 0 Å². The molecule has 3 nitrogen and oxygen atoms in total. The van der Waals surface area contributed by atoms with E-state index >= 15 is 0 Å². The summed E-state index contributed by atoms with van der Waals surface area (Å²) in [6.45, 7) is 22.0. The van der Waals surface area contributed by atoms with Gasteiger partial charge in [0.2, 0.25) is 0 Å². The molecular formula is C26H55LiO3. The Bertz CT molecular complexity index is 304. The molecule has 1 aliphatic heterocycles. The molecule has 0 aromatic heterocycles. The Morgan fingerprint density at radius 2 is 1.33 bits per heavy atom. The van der Waals surface area contributed by atoms with Crippen molar-refractivity contribution in [2.75, 3.05) is 13.2 Å². The van der Waals surface area contributed by atoms with Crippen molar-refractivity contribution in [1.82, 2.24) is 0 Å². The zero-order valence-corrected chi connectivity index (χ0v) is 22.3. The second kappa shape index (κ2) is 25.4. The quantitative estimate of drug-likeness (QED) is 0.265. The Labute approximate surface area is 202 Å². The van der Waals surface area contributed by atoms with Gasteiger partial charge in [-0.1, -0.05) is 100 Å². The van der Waals surface area contributed by atoms with E-state index in [9.17, 15) is 9.90 Å².